The zero-order chi connectivity index (χ0) is 19.7. The van der Waals surface area contributed by atoms with Gasteiger partial charge in [-0.05, 0) is 36.2 Å². The van der Waals surface area contributed by atoms with Gasteiger partial charge in [-0.15, -0.1) is 0 Å². The van der Waals surface area contributed by atoms with E-state index in [0.717, 1.165) is 12.0 Å². The maximum Gasteiger partial charge on any atom is 0.330 e. The van der Waals surface area contributed by atoms with Crippen LogP contribution in [-0.4, -0.2) is 19.1 Å². The van der Waals surface area contributed by atoms with Crippen molar-refractivity contribution < 1.29 is 4.39 Å². The van der Waals surface area contributed by atoms with Crippen molar-refractivity contribution in [2.24, 2.45) is 0 Å². The molecule has 0 amide bonds. The van der Waals surface area contributed by atoms with Gasteiger partial charge >= 0.3 is 5.69 Å². The van der Waals surface area contributed by atoms with Crippen LogP contribution in [0, 0.1) is 5.82 Å². The molecular weight excluding hydrogens is 359 g/mol. The average Bonchev–Trinajstić information content (AvgIpc) is 3.07. The van der Waals surface area contributed by atoms with Crippen LogP contribution in [-0.2, 0) is 13.1 Å². The summed E-state index contributed by atoms with van der Waals surface area (Å²) in [4.78, 5) is 32.2. The number of hydrogen-bond acceptors (Lipinski definition) is 3. The van der Waals surface area contributed by atoms with Gasteiger partial charge in [0.15, 0.2) is 11.2 Å². The van der Waals surface area contributed by atoms with Gasteiger partial charge in [0, 0.05) is 12.1 Å². The van der Waals surface area contributed by atoms with Crippen molar-refractivity contribution in [1.29, 1.82) is 0 Å². The van der Waals surface area contributed by atoms with Crippen LogP contribution in [0.2, 0.25) is 0 Å². The number of fused-ring (bicyclic) bond motifs is 1. The molecule has 4 rings (SSSR count). The lowest BCUT2D eigenvalue weighted by molar-refractivity contribution is 0.628. The highest BCUT2D eigenvalue weighted by molar-refractivity contribution is 5.77. The predicted octanol–water partition coefficient (Wildman–Crippen LogP) is 3.15. The summed E-state index contributed by atoms with van der Waals surface area (Å²) in [7, 11) is 0. The summed E-state index contributed by atoms with van der Waals surface area (Å²) in [5.74, 6) is 0.190. The van der Waals surface area contributed by atoms with Crippen LogP contribution in [0.1, 0.15) is 18.9 Å². The Morgan fingerprint density at radius 2 is 1.71 bits per heavy atom. The van der Waals surface area contributed by atoms with E-state index in [1.165, 1.54) is 16.7 Å². The Morgan fingerprint density at radius 1 is 1.00 bits per heavy atom. The fourth-order valence-electron chi connectivity index (χ4n) is 3.35. The van der Waals surface area contributed by atoms with E-state index in [0.29, 0.717) is 35.6 Å². The molecule has 0 radical (unpaired) electrons. The Hall–Kier alpha value is -3.48. The molecule has 7 heteroatoms. The topological polar surface area (TPSA) is 72.7 Å². The summed E-state index contributed by atoms with van der Waals surface area (Å²) in [6.07, 6.45) is 0.775. The van der Waals surface area contributed by atoms with E-state index >= 15 is 0 Å². The minimum atomic E-state index is -0.506. The maximum absolute atomic E-state index is 13.4. The third-order valence-corrected chi connectivity index (χ3v) is 4.62. The third-order valence-electron chi connectivity index (χ3n) is 4.62. The number of nitrogens with one attached hydrogen (secondary N) is 1. The lowest BCUT2D eigenvalue weighted by Gasteiger charge is -2.08. The molecule has 2 aromatic carbocycles. The monoisotopic (exact) mass is 378 g/mol. The van der Waals surface area contributed by atoms with Crippen LogP contribution < -0.4 is 11.2 Å². The van der Waals surface area contributed by atoms with E-state index in [1.54, 1.807) is 16.7 Å². The first kappa shape index (κ1) is 17.9. The van der Waals surface area contributed by atoms with E-state index in [9.17, 15) is 14.0 Å². The highest BCUT2D eigenvalue weighted by Gasteiger charge is 2.19. The van der Waals surface area contributed by atoms with Gasteiger partial charge < -0.3 is 4.57 Å². The SMILES string of the molecule is CCCn1c(-c2ccc(F)cc2)nc2c1c(=O)[nH]c(=O)n2Cc1ccccc1. The summed E-state index contributed by atoms with van der Waals surface area (Å²) in [6.45, 7) is 2.84. The molecule has 0 aliphatic heterocycles. The first-order valence-corrected chi connectivity index (χ1v) is 9.11. The summed E-state index contributed by atoms with van der Waals surface area (Å²) in [5, 5.41) is 0. The van der Waals surface area contributed by atoms with Crippen molar-refractivity contribution in [2.45, 2.75) is 26.4 Å². The molecule has 0 saturated carbocycles. The fraction of sp³-hybridized carbons (Fsp3) is 0.190. The summed E-state index contributed by atoms with van der Waals surface area (Å²) < 4.78 is 16.6. The van der Waals surface area contributed by atoms with E-state index < -0.39 is 11.2 Å². The van der Waals surface area contributed by atoms with Gasteiger partial charge in [-0.2, -0.15) is 0 Å². The molecule has 6 nitrogen and oxygen atoms in total. The number of benzene rings is 2. The van der Waals surface area contributed by atoms with E-state index in [-0.39, 0.29) is 5.82 Å². The van der Waals surface area contributed by atoms with Crippen molar-refractivity contribution in [3.8, 4) is 11.4 Å². The summed E-state index contributed by atoms with van der Waals surface area (Å²) in [6, 6.07) is 15.5. The number of rotatable bonds is 5. The molecule has 0 unspecified atom stereocenters. The van der Waals surface area contributed by atoms with Gasteiger partial charge in [-0.1, -0.05) is 37.3 Å². The van der Waals surface area contributed by atoms with Gasteiger partial charge in [0.05, 0.1) is 6.54 Å². The largest absolute Gasteiger partial charge is 0.330 e. The highest BCUT2D eigenvalue weighted by atomic mass is 19.1. The second-order valence-corrected chi connectivity index (χ2v) is 6.60. The third kappa shape index (κ3) is 3.15. The van der Waals surface area contributed by atoms with Crippen LogP contribution in [0.25, 0.3) is 22.6 Å². The van der Waals surface area contributed by atoms with Crippen molar-refractivity contribution in [3.63, 3.8) is 0 Å². The van der Waals surface area contributed by atoms with E-state index in [2.05, 4.69) is 9.97 Å². The number of aryl methyl sites for hydroxylation is 1. The average molecular weight is 378 g/mol. The Bertz CT molecular complexity index is 1240. The quantitative estimate of drug-likeness (QED) is 0.580. The standard InChI is InChI=1S/C21H19FN4O2/c1-2-12-25-17-19(23-18(25)15-8-10-16(22)11-9-15)26(21(28)24-20(17)27)13-14-6-4-3-5-7-14/h3-11H,2,12-13H2,1H3,(H,24,27,28). The van der Waals surface area contributed by atoms with E-state index in [1.807, 2.05) is 37.3 Å². The highest BCUT2D eigenvalue weighted by Crippen LogP contribution is 2.23. The van der Waals surface area contributed by atoms with Gasteiger partial charge in [0.2, 0.25) is 0 Å². The zero-order valence-electron chi connectivity index (χ0n) is 15.4. The van der Waals surface area contributed by atoms with Crippen molar-refractivity contribution in [3.05, 3.63) is 86.8 Å². The van der Waals surface area contributed by atoms with Crippen molar-refractivity contribution in [2.75, 3.05) is 0 Å². The number of hydrogen-bond donors (Lipinski definition) is 1. The van der Waals surface area contributed by atoms with Crippen molar-refractivity contribution >= 4 is 11.2 Å². The Kier molecular flexibility index (Phi) is 4.65. The number of halogens is 1. The van der Waals surface area contributed by atoms with E-state index in [4.69, 9.17) is 0 Å². The molecule has 0 aliphatic carbocycles. The normalized spacial score (nSPS) is 11.2. The van der Waals surface area contributed by atoms with Crippen LogP contribution >= 0.6 is 0 Å². The molecule has 0 saturated heterocycles. The lowest BCUT2D eigenvalue weighted by atomic mass is 10.2. The molecule has 2 heterocycles. The zero-order valence-corrected chi connectivity index (χ0v) is 15.4. The molecule has 0 atom stereocenters. The molecule has 2 aromatic heterocycles. The van der Waals surface area contributed by atoms with Crippen LogP contribution in [0.4, 0.5) is 4.39 Å². The minimum Gasteiger partial charge on any atom is -0.318 e. The second kappa shape index (κ2) is 7.26. The summed E-state index contributed by atoms with van der Waals surface area (Å²) in [5.41, 5.74) is 1.30. The molecule has 1 N–H and O–H groups in total. The Balaban J connectivity index is 1.99. The summed E-state index contributed by atoms with van der Waals surface area (Å²) >= 11 is 0. The first-order valence-electron chi connectivity index (χ1n) is 9.11. The van der Waals surface area contributed by atoms with Crippen LogP contribution in [0.5, 0.6) is 0 Å². The number of imidazole rings is 1. The van der Waals surface area contributed by atoms with Gasteiger partial charge in [0.1, 0.15) is 11.6 Å². The maximum atomic E-state index is 13.4. The first-order chi connectivity index (χ1) is 13.6. The van der Waals surface area contributed by atoms with Crippen molar-refractivity contribution in [1.82, 2.24) is 19.1 Å². The molecule has 0 aliphatic rings. The minimum absolute atomic E-state index is 0.291. The molecule has 0 fully saturated rings. The predicted molar refractivity (Wildman–Crippen MR) is 106 cm³/mol. The number of nitrogens with zero attached hydrogens (tertiary/aromatic N) is 3. The molecule has 28 heavy (non-hydrogen) atoms. The van der Waals surface area contributed by atoms with Crippen LogP contribution in [0.15, 0.2) is 64.2 Å². The second-order valence-electron chi connectivity index (χ2n) is 6.60. The lowest BCUT2D eigenvalue weighted by Crippen LogP contribution is -2.31. The molecule has 0 spiro atoms. The fourth-order valence-corrected chi connectivity index (χ4v) is 3.35. The number of H-pyrrole nitrogens is 1. The van der Waals surface area contributed by atoms with Gasteiger partial charge in [0.25, 0.3) is 5.56 Å². The Morgan fingerprint density at radius 3 is 2.39 bits per heavy atom. The molecule has 0 bridgehead atoms. The smallest absolute Gasteiger partial charge is 0.318 e. The molecule has 142 valence electrons. The van der Waals surface area contributed by atoms with Gasteiger partial charge in [-0.3, -0.25) is 14.3 Å². The molecular formula is C21H19FN4O2. The van der Waals surface area contributed by atoms with Crippen LogP contribution in [0.3, 0.4) is 0 Å². The number of aromatic amines is 1. The molecule has 4 aromatic rings. The Labute approximate surface area is 159 Å². The number of aromatic nitrogens is 4. The van der Waals surface area contributed by atoms with Gasteiger partial charge in [-0.25, -0.2) is 14.2 Å².